The van der Waals surface area contributed by atoms with Crippen molar-refractivity contribution in [3.8, 4) is 5.75 Å². The molecule has 0 spiro atoms. The van der Waals surface area contributed by atoms with E-state index in [9.17, 15) is 14.4 Å². The van der Waals surface area contributed by atoms with Crippen LogP contribution < -0.4 is 21.1 Å². The maximum absolute atomic E-state index is 12.5. The summed E-state index contributed by atoms with van der Waals surface area (Å²) in [5.74, 6) is -0.363. The number of amides is 4. The number of hydrogen-bond donors (Lipinski definition) is 3. The van der Waals surface area contributed by atoms with Gasteiger partial charge in [0.25, 0.3) is 5.91 Å². The molecule has 4 N–H and O–H groups in total. The van der Waals surface area contributed by atoms with Crippen molar-refractivity contribution in [2.24, 2.45) is 0 Å². The lowest BCUT2D eigenvalue weighted by atomic mass is 9.93. The third-order valence-corrected chi connectivity index (χ3v) is 4.29. The first kappa shape index (κ1) is 17.6. The van der Waals surface area contributed by atoms with Gasteiger partial charge in [0.2, 0.25) is 5.91 Å². The quantitative estimate of drug-likeness (QED) is 0.536. The van der Waals surface area contributed by atoms with Gasteiger partial charge in [-0.15, -0.1) is 0 Å². The van der Waals surface area contributed by atoms with Crippen molar-refractivity contribution in [1.29, 1.82) is 0 Å². The summed E-state index contributed by atoms with van der Waals surface area (Å²) >= 11 is 0. The number of urea groups is 1. The summed E-state index contributed by atoms with van der Waals surface area (Å²) in [6.45, 7) is 3.27. The maximum atomic E-state index is 12.5. The first-order valence-electron chi connectivity index (χ1n) is 7.74. The first-order valence-corrected chi connectivity index (χ1v) is 7.74. The van der Waals surface area contributed by atoms with Crippen LogP contribution in [0.15, 0.2) is 18.2 Å². The van der Waals surface area contributed by atoms with E-state index in [0.717, 1.165) is 4.90 Å². The molecule has 2 rings (SSSR count). The monoisotopic (exact) mass is 334 g/mol. The Morgan fingerprint density at radius 3 is 2.54 bits per heavy atom. The summed E-state index contributed by atoms with van der Waals surface area (Å²) in [5, 5.41) is 5.28. The first-order chi connectivity index (χ1) is 11.4. The molecule has 0 radical (unpaired) electrons. The van der Waals surface area contributed by atoms with Crippen molar-refractivity contribution in [3.63, 3.8) is 0 Å². The number of hydrogen-bond acceptors (Lipinski definition) is 5. The van der Waals surface area contributed by atoms with Gasteiger partial charge in [-0.1, -0.05) is 13.8 Å². The van der Waals surface area contributed by atoms with Crippen LogP contribution in [0.2, 0.25) is 0 Å². The molecule has 1 aromatic carbocycles. The van der Waals surface area contributed by atoms with Crippen LogP contribution in [0.5, 0.6) is 5.75 Å². The highest BCUT2D eigenvalue weighted by Crippen LogP contribution is 2.26. The Labute approximate surface area is 140 Å². The number of methoxy groups -OCH3 is 1. The van der Waals surface area contributed by atoms with E-state index in [0.29, 0.717) is 30.0 Å². The summed E-state index contributed by atoms with van der Waals surface area (Å²) in [5.41, 5.74) is 5.61. The molecule has 8 nitrogen and oxygen atoms in total. The van der Waals surface area contributed by atoms with Crippen LogP contribution in [0.4, 0.5) is 16.2 Å². The molecule has 1 aliphatic heterocycles. The lowest BCUT2D eigenvalue weighted by Gasteiger charge is -2.23. The molecule has 0 aliphatic carbocycles. The molecule has 1 saturated heterocycles. The topological polar surface area (TPSA) is 114 Å². The van der Waals surface area contributed by atoms with E-state index in [1.165, 1.54) is 7.11 Å². The summed E-state index contributed by atoms with van der Waals surface area (Å²) in [6, 6.07) is 4.28. The number of nitrogens with zero attached hydrogens (tertiary/aromatic N) is 1. The Hall–Kier alpha value is -2.77. The molecule has 8 heteroatoms. The molecule has 1 heterocycles. The number of nitrogens with two attached hydrogens (primary N) is 1. The van der Waals surface area contributed by atoms with Gasteiger partial charge in [-0.2, -0.15) is 0 Å². The Balaban J connectivity index is 2.10. The molecular formula is C16H22N4O4. The molecule has 4 amide bonds. The van der Waals surface area contributed by atoms with Crippen molar-refractivity contribution < 1.29 is 19.1 Å². The molecular weight excluding hydrogens is 312 g/mol. The van der Waals surface area contributed by atoms with Gasteiger partial charge in [0.05, 0.1) is 18.5 Å². The highest BCUT2D eigenvalue weighted by molar-refractivity contribution is 6.10. The molecule has 1 fully saturated rings. The minimum atomic E-state index is -0.924. The molecule has 1 aliphatic rings. The number of nitrogens with one attached hydrogen (secondary N) is 2. The summed E-state index contributed by atoms with van der Waals surface area (Å²) in [6.07, 6.45) is 0.935. The summed E-state index contributed by atoms with van der Waals surface area (Å²) in [7, 11) is 1.50. The highest BCUT2D eigenvalue weighted by Gasteiger charge is 2.49. The molecule has 0 bridgehead atoms. The Morgan fingerprint density at radius 2 is 2.00 bits per heavy atom. The molecule has 0 aromatic heterocycles. The highest BCUT2D eigenvalue weighted by atomic mass is 16.5. The Bertz CT molecular complexity index is 670. The fraction of sp³-hybridized carbons (Fsp3) is 0.438. The van der Waals surface area contributed by atoms with Crippen LogP contribution in [-0.4, -0.2) is 41.9 Å². The van der Waals surface area contributed by atoms with Crippen LogP contribution in [0.3, 0.4) is 0 Å². The minimum Gasteiger partial charge on any atom is -0.497 e. The average molecular weight is 334 g/mol. The average Bonchev–Trinajstić information content (AvgIpc) is 2.81. The normalized spacial score (nSPS) is 16.0. The number of rotatable bonds is 6. The number of anilines is 2. The van der Waals surface area contributed by atoms with Crippen molar-refractivity contribution in [2.45, 2.75) is 32.2 Å². The van der Waals surface area contributed by atoms with E-state index in [1.54, 1.807) is 18.2 Å². The van der Waals surface area contributed by atoms with Gasteiger partial charge in [-0.05, 0) is 25.0 Å². The number of ether oxygens (including phenoxy) is 1. The van der Waals surface area contributed by atoms with Crippen LogP contribution >= 0.6 is 0 Å². The molecule has 1 aromatic rings. The smallest absolute Gasteiger partial charge is 0.325 e. The van der Waals surface area contributed by atoms with Gasteiger partial charge in [-0.3, -0.25) is 14.5 Å². The molecule has 130 valence electrons. The van der Waals surface area contributed by atoms with Crippen LogP contribution in [0, 0.1) is 0 Å². The second-order valence-corrected chi connectivity index (χ2v) is 5.61. The van der Waals surface area contributed by atoms with E-state index in [2.05, 4.69) is 10.6 Å². The molecule has 24 heavy (non-hydrogen) atoms. The largest absolute Gasteiger partial charge is 0.497 e. The van der Waals surface area contributed by atoms with E-state index < -0.39 is 17.5 Å². The number of nitrogen functional groups attached to an aromatic ring is 1. The van der Waals surface area contributed by atoms with E-state index in [-0.39, 0.29) is 12.5 Å². The maximum Gasteiger partial charge on any atom is 0.325 e. The second-order valence-electron chi connectivity index (χ2n) is 5.61. The van der Waals surface area contributed by atoms with E-state index in [4.69, 9.17) is 10.5 Å². The second kappa shape index (κ2) is 6.77. The van der Waals surface area contributed by atoms with Gasteiger partial charge < -0.3 is 21.1 Å². The van der Waals surface area contributed by atoms with Gasteiger partial charge in [0, 0.05) is 6.07 Å². The van der Waals surface area contributed by atoms with Crippen molar-refractivity contribution >= 4 is 29.2 Å². The predicted molar refractivity (Wildman–Crippen MR) is 89.6 cm³/mol. The van der Waals surface area contributed by atoms with Crippen LogP contribution in [-0.2, 0) is 9.59 Å². The zero-order valence-corrected chi connectivity index (χ0v) is 14.0. The number of benzene rings is 1. The van der Waals surface area contributed by atoms with E-state index in [1.807, 2.05) is 13.8 Å². The Morgan fingerprint density at radius 1 is 1.33 bits per heavy atom. The molecule has 0 saturated carbocycles. The predicted octanol–water partition coefficient (Wildman–Crippen LogP) is 1.33. The van der Waals surface area contributed by atoms with E-state index >= 15 is 0 Å². The number of imide groups is 1. The summed E-state index contributed by atoms with van der Waals surface area (Å²) in [4.78, 5) is 37.7. The third kappa shape index (κ3) is 3.12. The molecule has 0 unspecified atom stereocenters. The number of carbonyl (C=O) groups excluding carboxylic acids is 3. The van der Waals surface area contributed by atoms with Gasteiger partial charge in [0.1, 0.15) is 17.8 Å². The lowest BCUT2D eigenvalue weighted by Crippen LogP contribution is -2.46. The minimum absolute atomic E-state index is 0.359. The molecule has 0 atom stereocenters. The van der Waals surface area contributed by atoms with Crippen LogP contribution in [0.1, 0.15) is 26.7 Å². The van der Waals surface area contributed by atoms with Gasteiger partial charge in [-0.25, -0.2) is 4.79 Å². The Kier molecular flexibility index (Phi) is 4.96. The zero-order chi connectivity index (χ0) is 17.9. The fourth-order valence-electron chi connectivity index (χ4n) is 2.65. The van der Waals surface area contributed by atoms with Crippen molar-refractivity contribution in [2.75, 3.05) is 24.7 Å². The lowest BCUT2D eigenvalue weighted by molar-refractivity contribution is -0.134. The van der Waals surface area contributed by atoms with Crippen molar-refractivity contribution in [3.05, 3.63) is 18.2 Å². The summed E-state index contributed by atoms with van der Waals surface area (Å²) < 4.78 is 5.08. The van der Waals surface area contributed by atoms with Crippen LogP contribution in [0.25, 0.3) is 0 Å². The zero-order valence-electron chi connectivity index (χ0n) is 14.0. The number of carbonyl (C=O) groups is 3. The van der Waals surface area contributed by atoms with Crippen molar-refractivity contribution in [1.82, 2.24) is 10.2 Å². The standard InChI is InChI=1S/C16H22N4O4/c1-4-16(5-2)14(22)20(15(23)19-16)9-13(21)18-12-8-10(24-3)6-7-11(12)17/h6-8H,4-5,9,17H2,1-3H3,(H,18,21)(H,19,23). The fourth-order valence-corrected chi connectivity index (χ4v) is 2.65. The SMILES string of the molecule is CCC1(CC)NC(=O)N(CC(=O)Nc2cc(OC)ccc2N)C1=O. The van der Waals surface area contributed by atoms with Gasteiger partial charge >= 0.3 is 6.03 Å². The third-order valence-electron chi connectivity index (χ3n) is 4.29. The van der Waals surface area contributed by atoms with Gasteiger partial charge in [0.15, 0.2) is 0 Å².